The summed E-state index contributed by atoms with van der Waals surface area (Å²) in [7, 11) is 3.85. The van der Waals surface area contributed by atoms with Crippen LogP contribution in [0, 0.1) is 5.92 Å². The van der Waals surface area contributed by atoms with Crippen molar-refractivity contribution in [1.82, 2.24) is 25.2 Å². The fourth-order valence-electron chi connectivity index (χ4n) is 5.30. The van der Waals surface area contributed by atoms with Gasteiger partial charge in [0.05, 0.1) is 0 Å². The van der Waals surface area contributed by atoms with Crippen LogP contribution in [0.4, 0.5) is 4.79 Å². The van der Waals surface area contributed by atoms with Gasteiger partial charge in [0.2, 0.25) is 0 Å². The monoisotopic (exact) mass is 495 g/mol. The van der Waals surface area contributed by atoms with Crippen molar-refractivity contribution < 1.29 is 18.9 Å². The van der Waals surface area contributed by atoms with E-state index in [4.69, 9.17) is 4.52 Å². The minimum absolute atomic E-state index is 0.0565. The Hall–Kier alpha value is -3.20. The molecule has 1 N–H and O–H groups in total. The number of benzene rings is 1. The number of likely N-dealkylation sites (N-methyl/N-ethyl adjacent to an activating group) is 1. The zero-order valence-electron chi connectivity index (χ0n) is 21.5. The molecule has 0 spiro atoms. The van der Waals surface area contributed by atoms with Gasteiger partial charge in [-0.1, -0.05) is 42.4 Å². The SMILES string of the molecule is CCCc1cc(C(=O)N2CCC(C3(CCc4ccccc4)NC(=O)N(CCN(C)C)C3=O)CC2)no1. The van der Waals surface area contributed by atoms with Gasteiger partial charge in [0, 0.05) is 38.7 Å². The molecule has 0 aliphatic carbocycles. The highest BCUT2D eigenvalue weighted by Crippen LogP contribution is 2.37. The van der Waals surface area contributed by atoms with Crippen LogP contribution in [0.2, 0.25) is 0 Å². The molecule has 2 saturated heterocycles. The third-order valence-corrected chi connectivity index (χ3v) is 7.38. The van der Waals surface area contributed by atoms with E-state index >= 15 is 0 Å². The predicted octanol–water partition coefficient (Wildman–Crippen LogP) is 2.96. The lowest BCUT2D eigenvalue weighted by molar-refractivity contribution is -0.134. The maximum Gasteiger partial charge on any atom is 0.325 e. The second-order valence-corrected chi connectivity index (χ2v) is 10.1. The summed E-state index contributed by atoms with van der Waals surface area (Å²) in [5, 5.41) is 7.07. The van der Waals surface area contributed by atoms with E-state index in [2.05, 4.69) is 10.5 Å². The highest BCUT2D eigenvalue weighted by molar-refractivity contribution is 6.07. The summed E-state index contributed by atoms with van der Waals surface area (Å²) in [6.07, 6.45) is 4.15. The third kappa shape index (κ3) is 5.46. The van der Waals surface area contributed by atoms with Gasteiger partial charge in [0.1, 0.15) is 11.3 Å². The van der Waals surface area contributed by atoms with Crippen molar-refractivity contribution in [2.24, 2.45) is 5.92 Å². The van der Waals surface area contributed by atoms with Gasteiger partial charge in [-0.2, -0.15) is 0 Å². The number of hydrogen-bond acceptors (Lipinski definition) is 6. The van der Waals surface area contributed by atoms with Crippen molar-refractivity contribution in [3.63, 3.8) is 0 Å². The Morgan fingerprint density at radius 3 is 2.56 bits per heavy atom. The lowest BCUT2D eigenvalue weighted by atomic mass is 9.74. The van der Waals surface area contributed by atoms with Crippen LogP contribution in [0.25, 0.3) is 0 Å². The van der Waals surface area contributed by atoms with Crippen molar-refractivity contribution in [2.45, 2.75) is 51.0 Å². The smallest absolute Gasteiger partial charge is 0.325 e. The maximum atomic E-state index is 13.8. The van der Waals surface area contributed by atoms with Gasteiger partial charge in [0.15, 0.2) is 5.69 Å². The van der Waals surface area contributed by atoms with E-state index in [0.717, 1.165) is 18.4 Å². The molecule has 3 heterocycles. The van der Waals surface area contributed by atoms with Crippen molar-refractivity contribution in [3.8, 4) is 0 Å². The zero-order valence-corrected chi connectivity index (χ0v) is 21.5. The summed E-state index contributed by atoms with van der Waals surface area (Å²) < 4.78 is 5.29. The summed E-state index contributed by atoms with van der Waals surface area (Å²) >= 11 is 0. The quantitative estimate of drug-likeness (QED) is 0.509. The summed E-state index contributed by atoms with van der Waals surface area (Å²) in [6.45, 7) is 4.03. The minimum Gasteiger partial charge on any atom is -0.361 e. The molecule has 2 aliphatic rings. The number of carbonyl (C=O) groups excluding carboxylic acids is 3. The lowest BCUT2D eigenvalue weighted by Crippen LogP contribution is -2.57. The molecule has 9 heteroatoms. The number of nitrogens with zero attached hydrogens (tertiary/aromatic N) is 4. The van der Waals surface area contributed by atoms with Gasteiger partial charge in [-0.25, -0.2) is 4.79 Å². The third-order valence-electron chi connectivity index (χ3n) is 7.38. The van der Waals surface area contributed by atoms with E-state index in [1.165, 1.54) is 4.90 Å². The zero-order chi connectivity index (χ0) is 25.7. The Morgan fingerprint density at radius 1 is 1.17 bits per heavy atom. The first-order chi connectivity index (χ1) is 17.3. The van der Waals surface area contributed by atoms with Crippen LogP contribution in [-0.4, -0.2) is 83.5 Å². The lowest BCUT2D eigenvalue weighted by Gasteiger charge is -2.41. The number of imide groups is 1. The van der Waals surface area contributed by atoms with Crippen molar-refractivity contribution in [2.75, 3.05) is 40.3 Å². The second-order valence-electron chi connectivity index (χ2n) is 10.1. The first-order valence-corrected chi connectivity index (χ1v) is 12.9. The van der Waals surface area contributed by atoms with Crippen molar-refractivity contribution in [3.05, 3.63) is 53.4 Å². The second kappa shape index (κ2) is 11.2. The number of urea groups is 1. The Kier molecular flexibility index (Phi) is 8.08. The topological polar surface area (TPSA) is 99.0 Å². The summed E-state index contributed by atoms with van der Waals surface area (Å²) in [4.78, 5) is 44.9. The summed E-state index contributed by atoms with van der Waals surface area (Å²) in [5.41, 5.74) is 0.499. The number of carbonyl (C=O) groups is 3. The number of amides is 4. The molecular formula is C27H37N5O4. The number of rotatable bonds is 10. The van der Waals surface area contributed by atoms with E-state index < -0.39 is 5.54 Å². The number of piperidine rings is 1. The van der Waals surface area contributed by atoms with Gasteiger partial charge >= 0.3 is 6.03 Å². The molecule has 1 aromatic heterocycles. The Bertz CT molecular complexity index is 1060. The molecule has 1 atom stereocenters. The standard InChI is InChI=1S/C27H37N5O4/c1-4-8-22-19-23(29-36-22)24(33)31-15-12-21(13-16-31)27(14-11-20-9-6-5-7-10-20)25(34)32(26(35)28-27)18-17-30(2)3/h5-7,9-10,19,21H,4,8,11-18H2,1-3H3,(H,28,35). The van der Waals surface area contributed by atoms with Crippen LogP contribution in [-0.2, 0) is 17.6 Å². The molecule has 194 valence electrons. The average molecular weight is 496 g/mol. The van der Waals surface area contributed by atoms with Crippen LogP contribution in [0.15, 0.2) is 40.9 Å². The number of nitrogens with one attached hydrogen (secondary N) is 1. The minimum atomic E-state index is -0.962. The van der Waals surface area contributed by atoms with Crippen LogP contribution in [0.5, 0.6) is 0 Å². The Labute approximate surface area is 212 Å². The number of hydrogen-bond donors (Lipinski definition) is 1. The molecule has 4 amide bonds. The number of aryl methyl sites for hydroxylation is 2. The Morgan fingerprint density at radius 2 is 1.89 bits per heavy atom. The van der Waals surface area contributed by atoms with E-state index in [1.807, 2.05) is 56.3 Å². The van der Waals surface area contributed by atoms with E-state index in [9.17, 15) is 14.4 Å². The molecule has 2 fully saturated rings. The van der Waals surface area contributed by atoms with Gasteiger partial charge in [-0.15, -0.1) is 0 Å². The molecule has 1 aromatic carbocycles. The van der Waals surface area contributed by atoms with E-state index in [0.29, 0.717) is 63.3 Å². The van der Waals surface area contributed by atoms with Crippen LogP contribution in [0.1, 0.15) is 54.4 Å². The van der Waals surface area contributed by atoms with Crippen LogP contribution < -0.4 is 5.32 Å². The van der Waals surface area contributed by atoms with Crippen molar-refractivity contribution in [1.29, 1.82) is 0 Å². The highest BCUT2D eigenvalue weighted by atomic mass is 16.5. The number of likely N-dealkylation sites (tertiary alicyclic amines) is 1. The summed E-state index contributed by atoms with van der Waals surface area (Å²) in [6, 6.07) is 11.4. The fourth-order valence-corrected chi connectivity index (χ4v) is 5.30. The highest BCUT2D eigenvalue weighted by Gasteiger charge is 2.55. The molecule has 1 unspecified atom stereocenters. The Balaban J connectivity index is 1.48. The molecular weight excluding hydrogens is 458 g/mol. The number of aromatic nitrogens is 1. The fraction of sp³-hybridized carbons (Fsp3) is 0.556. The molecule has 0 bridgehead atoms. The molecule has 2 aromatic rings. The van der Waals surface area contributed by atoms with Crippen LogP contribution >= 0.6 is 0 Å². The first-order valence-electron chi connectivity index (χ1n) is 12.9. The van der Waals surface area contributed by atoms with E-state index in [-0.39, 0.29) is 23.8 Å². The van der Waals surface area contributed by atoms with Gasteiger partial charge in [-0.05, 0) is 57.7 Å². The predicted molar refractivity (Wildman–Crippen MR) is 135 cm³/mol. The molecule has 2 aliphatic heterocycles. The van der Waals surface area contributed by atoms with Gasteiger partial charge in [-0.3, -0.25) is 14.5 Å². The molecule has 0 saturated carbocycles. The first kappa shape index (κ1) is 25.9. The summed E-state index contributed by atoms with van der Waals surface area (Å²) in [5.74, 6) is 0.370. The molecule has 9 nitrogen and oxygen atoms in total. The molecule has 36 heavy (non-hydrogen) atoms. The van der Waals surface area contributed by atoms with Gasteiger partial charge in [0.25, 0.3) is 11.8 Å². The van der Waals surface area contributed by atoms with Crippen LogP contribution in [0.3, 0.4) is 0 Å². The maximum absolute atomic E-state index is 13.8. The normalized spacial score (nSPS) is 20.9. The molecule has 4 rings (SSSR count). The largest absolute Gasteiger partial charge is 0.361 e. The van der Waals surface area contributed by atoms with E-state index in [1.54, 1.807) is 11.0 Å². The average Bonchev–Trinajstić information content (AvgIpc) is 3.44. The molecule has 0 radical (unpaired) electrons. The van der Waals surface area contributed by atoms with Gasteiger partial charge < -0.3 is 19.6 Å². The van der Waals surface area contributed by atoms with Crippen molar-refractivity contribution >= 4 is 17.8 Å².